The number of amides is 1. The average Bonchev–Trinajstić information content (AvgIpc) is 3.05. The number of halogens is 3. The summed E-state index contributed by atoms with van der Waals surface area (Å²) in [6.45, 7) is 0. The second kappa shape index (κ2) is 6.97. The third kappa shape index (κ3) is 3.23. The van der Waals surface area contributed by atoms with Crippen LogP contribution in [0.4, 0.5) is 5.69 Å². The Kier molecular flexibility index (Phi) is 4.49. The van der Waals surface area contributed by atoms with Crippen molar-refractivity contribution in [2.75, 3.05) is 5.32 Å². The van der Waals surface area contributed by atoms with Crippen molar-refractivity contribution in [1.29, 1.82) is 0 Å². The lowest BCUT2D eigenvalue weighted by Gasteiger charge is -2.62. The Morgan fingerprint density at radius 1 is 1.17 bits per heavy atom. The Balaban J connectivity index is 1.37. The number of H-pyrrole nitrogens is 1. The first-order chi connectivity index (χ1) is 14.3. The zero-order valence-corrected chi connectivity index (χ0v) is 17.3. The molecule has 0 unspecified atom stereocenters. The van der Waals surface area contributed by atoms with E-state index in [1.807, 2.05) is 0 Å². The van der Waals surface area contributed by atoms with Crippen LogP contribution in [0.1, 0.15) is 35.4 Å². The maximum Gasteiger partial charge on any atom is 0.439 e. The molecule has 9 nitrogen and oxygen atoms in total. The smallest absolute Gasteiger partial charge is 0.434 e. The summed E-state index contributed by atoms with van der Waals surface area (Å²) in [5, 5.41) is 14.4. The molecule has 6 rings (SSSR count). The highest BCUT2D eigenvalue weighted by Crippen LogP contribution is 2.66. The molecule has 2 heterocycles. The van der Waals surface area contributed by atoms with Crippen molar-refractivity contribution in [3.8, 4) is 11.6 Å². The van der Waals surface area contributed by atoms with Gasteiger partial charge in [-0.25, -0.2) is 4.79 Å². The predicted molar refractivity (Wildman–Crippen MR) is 108 cm³/mol. The largest absolute Gasteiger partial charge is 0.439 e. The first kappa shape index (κ1) is 19.3. The van der Waals surface area contributed by atoms with Crippen molar-refractivity contribution in [3.63, 3.8) is 0 Å². The number of nitrogens with one attached hydrogen (secondary N) is 2. The molecule has 3 fully saturated rings. The van der Waals surface area contributed by atoms with Crippen molar-refractivity contribution in [3.05, 3.63) is 55.3 Å². The average molecular weight is 469 g/mol. The molecule has 2 N–H and O–H groups in total. The number of carbonyl (C=O) groups excluding carboxylic acids is 1. The maximum absolute atomic E-state index is 12.1. The van der Waals surface area contributed by atoms with E-state index in [0.29, 0.717) is 5.15 Å². The summed E-state index contributed by atoms with van der Waals surface area (Å²) in [6.07, 6.45) is 3.31. The van der Waals surface area contributed by atoms with Crippen LogP contribution in [0.3, 0.4) is 0 Å². The van der Waals surface area contributed by atoms with Gasteiger partial charge in [0.1, 0.15) is 0 Å². The zero-order valence-electron chi connectivity index (χ0n) is 15.0. The topological polar surface area (TPSA) is 123 Å². The number of ether oxygens (including phenoxy) is 1. The number of aromatic amines is 1. The fraction of sp³-hybridized carbons (Fsp3) is 0.278. The van der Waals surface area contributed by atoms with Crippen LogP contribution < -0.4 is 15.8 Å². The second-order valence-corrected chi connectivity index (χ2v) is 8.59. The van der Waals surface area contributed by atoms with E-state index in [1.165, 1.54) is 12.1 Å². The van der Waals surface area contributed by atoms with E-state index in [9.17, 15) is 9.59 Å². The van der Waals surface area contributed by atoms with Crippen molar-refractivity contribution < 1.29 is 14.1 Å². The van der Waals surface area contributed by atoms with Gasteiger partial charge in [-0.15, -0.1) is 10.2 Å². The van der Waals surface area contributed by atoms with Gasteiger partial charge in [0.2, 0.25) is 11.7 Å². The predicted octanol–water partition coefficient (Wildman–Crippen LogP) is 4.21. The molecule has 3 aromatic rings. The van der Waals surface area contributed by atoms with Crippen LogP contribution in [0.15, 0.2) is 27.5 Å². The zero-order chi connectivity index (χ0) is 21.0. The molecular weight excluding hydrogens is 457 g/mol. The number of anilines is 1. The van der Waals surface area contributed by atoms with Crippen molar-refractivity contribution >= 4 is 46.4 Å². The molecule has 0 atom stereocenters. The molecule has 30 heavy (non-hydrogen) atoms. The van der Waals surface area contributed by atoms with E-state index in [0.717, 1.165) is 30.7 Å². The quantitative estimate of drug-likeness (QED) is 0.575. The summed E-state index contributed by atoms with van der Waals surface area (Å²) in [5.74, 6) is -0.674. The lowest BCUT2D eigenvalue weighted by Crippen LogP contribution is -2.55. The van der Waals surface area contributed by atoms with Crippen LogP contribution in [0.5, 0.6) is 11.6 Å². The summed E-state index contributed by atoms with van der Waals surface area (Å²) >= 11 is 18.8. The van der Waals surface area contributed by atoms with Crippen LogP contribution in [0.25, 0.3) is 0 Å². The molecule has 1 amide bonds. The minimum absolute atomic E-state index is 0.0830. The van der Waals surface area contributed by atoms with E-state index >= 15 is 0 Å². The molecule has 3 aliphatic carbocycles. The molecule has 0 spiro atoms. The van der Waals surface area contributed by atoms with Gasteiger partial charge < -0.3 is 10.1 Å². The summed E-state index contributed by atoms with van der Waals surface area (Å²) in [4.78, 5) is 25.2. The lowest BCUT2D eigenvalue weighted by atomic mass is 9.42. The SMILES string of the molecule is O=C(Nc1cc(Cl)c(Oc2cc(C34CC(C3)C4)c(Cl)nn2)c(Cl)c1)c1noc(=O)[nH]1. The number of hydrogen-bond donors (Lipinski definition) is 2. The van der Waals surface area contributed by atoms with Gasteiger partial charge in [-0.2, -0.15) is 0 Å². The molecule has 3 saturated carbocycles. The summed E-state index contributed by atoms with van der Waals surface area (Å²) in [7, 11) is 0. The van der Waals surface area contributed by atoms with Gasteiger partial charge in [-0.3, -0.25) is 14.3 Å². The fourth-order valence-electron chi connectivity index (χ4n) is 3.94. The van der Waals surface area contributed by atoms with E-state index in [4.69, 9.17) is 39.5 Å². The van der Waals surface area contributed by atoms with Crippen LogP contribution in [0, 0.1) is 5.92 Å². The van der Waals surface area contributed by atoms with Crippen LogP contribution in [-0.2, 0) is 5.41 Å². The van der Waals surface area contributed by atoms with E-state index < -0.39 is 11.7 Å². The molecule has 0 aliphatic heterocycles. The van der Waals surface area contributed by atoms with Gasteiger partial charge in [-0.05, 0) is 47.9 Å². The minimum Gasteiger partial charge on any atom is -0.434 e. The van der Waals surface area contributed by atoms with Crippen LogP contribution in [-0.4, -0.2) is 26.2 Å². The normalized spacial score (nSPS) is 21.5. The number of nitrogens with zero attached hydrogens (tertiary/aromatic N) is 3. The summed E-state index contributed by atoms with van der Waals surface area (Å²) in [6, 6.07) is 4.64. The van der Waals surface area contributed by atoms with E-state index in [1.54, 1.807) is 6.07 Å². The van der Waals surface area contributed by atoms with Gasteiger partial charge in [-0.1, -0.05) is 34.8 Å². The first-order valence-corrected chi connectivity index (χ1v) is 10.0. The molecule has 3 aliphatic rings. The Labute approximate surface area is 183 Å². The first-order valence-electron chi connectivity index (χ1n) is 8.91. The Morgan fingerprint density at radius 2 is 1.87 bits per heavy atom. The highest BCUT2D eigenvalue weighted by atomic mass is 35.5. The molecule has 2 aromatic heterocycles. The fourth-order valence-corrected chi connectivity index (χ4v) is 4.80. The highest BCUT2D eigenvalue weighted by molar-refractivity contribution is 6.37. The van der Waals surface area contributed by atoms with Gasteiger partial charge in [0.15, 0.2) is 10.9 Å². The standard InChI is InChI=1S/C18H12Cl3N5O4/c19-10-1-8(22-16(27)15-23-17(28)30-26-15)2-11(20)13(10)29-12-3-9(14(21)25-24-12)18-4-7(5-18)6-18/h1-3,7H,4-6H2,(H,22,27)(H,23,26,28). The monoisotopic (exact) mass is 467 g/mol. The molecule has 0 saturated heterocycles. The molecule has 0 radical (unpaired) electrons. The second-order valence-electron chi connectivity index (χ2n) is 7.41. The van der Waals surface area contributed by atoms with Crippen molar-refractivity contribution in [2.24, 2.45) is 5.92 Å². The third-order valence-electron chi connectivity index (χ3n) is 5.45. The molecule has 154 valence electrons. The summed E-state index contributed by atoms with van der Waals surface area (Å²) in [5.41, 5.74) is 1.27. The summed E-state index contributed by atoms with van der Waals surface area (Å²) < 4.78 is 10.1. The molecular formula is C18H12Cl3N5O4. The van der Waals surface area contributed by atoms with Gasteiger partial charge >= 0.3 is 5.76 Å². The number of hydrogen-bond acceptors (Lipinski definition) is 7. The number of benzene rings is 1. The third-order valence-corrected chi connectivity index (χ3v) is 6.29. The maximum atomic E-state index is 12.1. The van der Waals surface area contributed by atoms with Gasteiger partial charge in [0.05, 0.1) is 10.0 Å². The van der Waals surface area contributed by atoms with Crippen molar-refractivity contribution in [2.45, 2.75) is 24.7 Å². The van der Waals surface area contributed by atoms with Crippen LogP contribution in [0.2, 0.25) is 15.2 Å². The Bertz CT molecular complexity index is 1200. The molecule has 12 heteroatoms. The Hall–Kier alpha value is -2.62. The number of carbonyl (C=O) groups is 1. The van der Waals surface area contributed by atoms with E-state index in [2.05, 4.69) is 30.2 Å². The molecule has 2 bridgehead atoms. The van der Waals surface area contributed by atoms with Gasteiger partial charge in [0, 0.05) is 17.3 Å². The highest BCUT2D eigenvalue weighted by Gasteiger charge is 2.58. The van der Waals surface area contributed by atoms with Crippen LogP contribution >= 0.6 is 34.8 Å². The van der Waals surface area contributed by atoms with E-state index in [-0.39, 0.29) is 38.6 Å². The minimum atomic E-state index is -0.845. The Morgan fingerprint density at radius 3 is 2.43 bits per heavy atom. The lowest BCUT2D eigenvalue weighted by molar-refractivity contribution is -0.0278. The number of rotatable bonds is 5. The van der Waals surface area contributed by atoms with Crippen molar-refractivity contribution in [1.82, 2.24) is 20.3 Å². The molecule has 1 aromatic carbocycles. The number of aromatic nitrogens is 4. The van der Waals surface area contributed by atoms with Gasteiger partial charge in [0.25, 0.3) is 5.91 Å².